The molecule has 0 aliphatic carbocycles. The number of ether oxygens (including phenoxy) is 3. The average molecular weight is 1010 g/mol. The van der Waals surface area contributed by atoms with Crippen molar-refractivity contribution in [3.05, 3.63) is 48.6 Å². The lowest BCUT2D eigenvalue weighted by atomic mass is 10.0. The van der Waals surface area contributed by atoms with Crippen LogP contribution in [0.2, 0.25) is 0 Å². The first-order valence-electron chi connectivity index (χ1n) is 31.6. The summed E-state index contributed by atoms with van der Waals surface area (Å²) in [5, 5.41) is 0. The van der Waals surface area contributed by atoms with Crippen LogP contribution in [0.1, 0.15) is 335 Å². The van der Waals surface area contributed by atoms with Crippen LogP contribution in [0.15, 0.2) is 48.6 Å². The Bertz CT molecular complexity index is 1250. The molecule has 0 radical (unpaired) electrons. The third-order valence-electron chi connectivity index (χ3n) is 14.1. The molecule has 6 heteroatoms. The van der Waals surface area contributed by atoms with Gasteiger partial charge in [0.15, 0.2) is 6.10 Å². The number of esters is 3. The summed E-state index contributed by atoms with van der Waals surface area (Å²) < 4.78 is 16.7. The highest BCUT2D eigenvalue weighted by molar-refractivity contribution is 5.71. The second-order valence-corrected chi connectivity index (χ2v) is 21.3. The summed E-state index contributed by atoms with van der Waals surface area (Å²) in [5.41, 5.74) is 0. The van der Waals surface area contributed by atoms with E-state index in [-0.39, 0.29) is 31.1 Å². The number of hydrogen-bond acceptors (Lipinski definition) is 6. The fourth-order valence-electron chi connectivity index (χ4n) is 9.34. The molecule has 0 aliphatic rings. The van der Waals surface area contributed by atoms with Gasteiger partial charge in [-0.25, -0.2) is 0 Å². The Morgan fingerprint density at radius 3 is 0.875 bits per heavy atom. The molecule has 0 rings (SSSR count). The van der Waals surface area contributed by atoms with Gasteiger partial charge in [-0.3, -0.25) is 14.4 Å². The van der Waals surface area contributed by atoms with E-state index in [1.54, 1.807) is 0 Å². The van der Waals surface area contributed by atoms with Crippen molar-refractivity contribution in [1.29, 1.82) is 0 Å². The predicted octanol–water partition coefficient (Wildman–Crippen LogP) is 21.4. The zero-order valence-electron chi connectivity index (χ0n) is 48.2. The van der Waals surface area contributed by atoms with E-state index in [1.165, 1.54) is 212 Å². The van der Waals surface area contributed by atoms with Gasteiger partial charge in [-0.05, 0) is 77.0 Å². The number of unbranched alkanes of at least 4 members (excludes halogenated alkanes) is 39. The highest BCUT2D eigenvalue weighted by Crippen LogP contribution is 2.17. The molecule has 1 atom stereocenters. The number of allylic oxidation sites excluding steroid dienone is 8. The Balaban J connectivity index is 3.87. The van der Waals surface area contributed by atoms with Crippen molar-refractivity contribution in [2.45, 2.75) is 341 Å². The van der Waals surface area contributed by atoms with Gasteiger partial charge in [-0.2, -0.15) is 0 Å². The first-order chi connectivity index (χ1) is 35.5. The minimum atomic E-state index is -0.782. The first kappa shape index (κ1) is 69.4. The van der Waals surface area contributed by atoms with Crippen LogP contribution in [0, 0.1) is 0 Å². The molecule has 6 nitrogen and oxygen atoms in total. The largest absolute Gasteiger partial charge is 0.462 e. The zero-order valence-corrected chi connectivity index (χ0v) is 48.2. The van der Waals surface area contributed by atoms with Crippen LogP contribution in [0.3, 0.4) is 0 Å². The van der Waals surface area contributed by atoms with Crippen LogP contribution < -0.4 is 0 Å². The first-order valence-corrected chi connectivity index (χ1v) is 31.6. The van der Waals surface area contributed by atoms with E-state index in [0.29, 0.717) is 19.3 Å². The topological polar surface area (TPSA) is 78.9 Å². The summed E-state index contributed by atoms with van der Waals surface area (Å²) in [7, 11) is 0. The molecule has 0 saturated carbocycles. The van der Waals surface area contributed by atoms with Gasteiger partial charge in [0.25, 0.3) is 0 Å². The van der Waals surface area contributed by atoms with Gasteiger partial charge in [0.1, 0.15) is 13.2 Å². The zero-order chi connectivity index (χ0) is 52.2. The highest BCUT2D eigenvalue weighted by Gasteiger charge is 2.19. The molecule has 0 heterocycles. The van der Waals surface area contributed by atoms with E-state index < -0.39 is 6.10 Å². The van der Waals surface area contributed by atoms with Crippen LogP contribution in [0.5, 0.6) is 0 Å². The van der Waals surface area contributed by atoms with Crippen molar-refractivity contribution in [3.63, 3.8) is 0 Å². The summed E-state index contributed by atoms with van der Waals surface area (Å²) in [6.07, 6.45) is 76.2. The van der Waals surface area contributed by atoms with E-state index >= 15 is 0 Å². The molecule has 0 N–H and O–H groups in total. The predicted molar refractivity (Wildman–Crippen MR) is 312 cm³/mol. The van der Waals surface area contributed by atoms with Gasteiger partial charge in [-0.15, -0.1) is 0 Å². The van der Waals surface area contributed by atoms with Crippen LogP contribution >= 0.6 is 0 Å². The molecule has 0 bridgehead atoms. The van der Waals surface area contributed by atoms with E-state index in [4.69, 9.17) is 14.2 Å². The van der Waals surface area contributed by atoms with Crippen molar-refractivity contribution in [1.82, 2.24) is 0 Å². The molecular formula is C66H120O6. The van der Waals surface area contributed by atoms with Crippen molar-refractivity contribution in [2.75, 3.05) is 13.2 Å². The van der Waals surface area contributed by atoms with Crippen molar-refractivity contribution in [2.24, 2.45) is 0 Å². The third kappa shape index (κ3) is 58.3. The SMILES string of the molecule is CC/C=C\C/C=C\C/C=C\CCCCCC(=O)OC(COC(=O)CCCCCCCC)COC(=O)CCCCCCCCCCCCCCCCCCCCCCCCC/C=C\CCCCCCCCCC. The molecule has 1 unspecified atom stereocenters. The molecule has 0 aromatic rings. The maximum atomic E-state index is 12.7. The quantitative estimate of drug-likeness (QED) is 0.0261. The number of rotatable bonds is 58. The Hall–Kier alpha value is -2.63. The van der Waals surface area contributed by atoms with Crippen molar-refractivity contribution < 1.29 is 28.6 Å². The molecule has 0 aromatic carbocycles. The highest BCUT2D eigenvalue weighted by atomic mass is 16.6. The van der Waals surface area contributed by atoms with E-state index in [9.17, 15) is 14.4 Å². The van der Waals surface area contributed by atoms with Gasteiger partial charge < -0.3 is 14.2 Å². The monoisotopic (exact) mass is 1010 g/mol. The van der Waals surface area contributed by atoms with Gasteiger partial charge in [-0.1, -0.05) is 288 Å². The third-order valence-corrected chi connectivity index (χ3v) is 14.1. The lowest BCUT2D eigenvalue weighted by molar-refractivity contribution is -0.167. The van der Waals surface area contributed by atoms with Crippen LogP contribution in [-0.2, 0) is 28.6 Å². The fraction of sp³-hybridized carbons (Fsp3) is 0.833. The molecular weight excluding hydrogens is 889 g/mol. The van der Waals surface area contributed by atoms with Crippen molar-refractivity contribution >= 4 is 17.9 Å². The lowest BCUT2D eigenvalue weighted by Crippen LogP contribution is -2.30. The molecule has 420 valence electrons. The second kappa shape index (κ2) is 60.9. The molecule has 0 spiro atoms. The smallest absolute Gasteiger partial charge is 0.306 e. The number of carbonyl (C=O) groups is 3. The minimum absolute atomic E-state index is 0.0818. The summed E-state index contributed by atoms with van der Waals surface area (Å²) >= 11 is 0. The fourth-order valence-corrected chi connectivity index (χ4v) is 9.34. The molecule has 0 aromatic heterocycles. The standard InChI is InChI=1S/C66H120O6/c1-4-7-10-13-16-18-20-22-23-24-25-26-27-28-29-30-31-32-33-34-35-36-37-38-39-40-41-42-43-45-46-48-50-53-56-59-65(68)71-62-63(61-70-64(67)58-55-52-15-12-9-6-3)72-66(69)60-57-54-51-49-47-44-21-19-17-14-11-8-5-2/h8,11,17,19,24-25,44,47,63H,4-7,9-10,12-16,18,20-23,26-43,45-46,48-62H2,1-3H3/b11-8-,19-17-,25-24-,47-44-. The van der Waals surface area contributed by atoms with Crippen molar-refractivity contribution in [3.8, 4) is 0 Å². The summed E-state index contributed by atoms with van der Waals surface area (Å²) in [4.78, 5) is 37.8. The number of hydrogen-bond donors (Lipinski definition) is 0. The summed E-state index contributed by atoms with van der Waals surface area (Å²) in [5.74, 6) is -0.909. The average Bonchev–Trinajstić information content (AvgIpc) is 3.38. The second-order valence-electron chi connectivity index (χ2n) is 21.3. The molecule has 0 amide bonds. The van der Waals surface area contributed by atoms with E-state index in [0.717, 1.165) is 83.5 Å². The number of carbonyl (C=O) groups excluding carboxylic acids is 3. The lowest BCUT2D eigenvalue weighted by Gasteiger charge is -2.18. The Morgan fingerprint density at radius 1 is 0.292 bits per heavy atom. The molecule has 72 heavy (non-hydrogen) atoms. The van der Waals surface area contributed by atoms with E-state index in [2.05, 4.69) is 69.4 Å². The maximum Gasteiger partial charge on any atom is 0.306 e. The molecule has 0 aliphatic heterocycles. The van der Waals surface area contributed by atoms with E-state index in [1.807, 2.05) is 0 Å². The Kier molecular flexibility index (Phi) is 58.7. The molecule has 0 fully saturated rings. The summed E-state index contributed by atoms with van der Waals surface area (Å²) in [6.45, 7) is 6.47. The van der Waals surface area contributed by atoms with Crippen LogP contribution in [-0.4, -0.2) is 37.2 Å². The van der Waals surface area contributed by atoms with Gasteiger partial charge in [0.2, 0.25) is 0 Å². The maximum absolute atomic E-state index is 12.7. The van der Waals surface area contributed by atoms with Crippen LogP contribution in [0.4, 0.5) is 0 Å². The van der Waals surface area contributed by atoms with Gasteiger partial charge in [0, 0.05) is 19.3 Å². The van der Waals surface area contributed by atoms with Crippen LogP contribution in [0.25, 0.3) is 0 Å². The van der Waals surface area contributed by atoms with Gasteiger partial charge >= 0.3 is 17.9 Å². The van der Waals surface area contributed by atoms with Gasteiger partial charge in [0.05, 0.1) is 0 Å². The normalized spacial score (nSPS) is 12.3. The Labute approximate surface area is 448 Å². The summed E-state index contributed by atoms with van der Waals surface area (Å²) in [6, 6.07) is 0. The minimum Gasteiger partial charge on any atom is -0.462 e. The Morgan fingerprint density at radius 2 is 0.542 bits per heavy atom. The molecule has 0 saturated heterocycles.